The first-order valence-electron chi connectivity index (χ1n) is 3.12. The fourth-order valence-electron chi connectivity index (χ4n) is 0.673. The van der Waals surface area contributed by atoms with Crippen LogP contribution in [0.5, 0.6) is 0 Å². The molecule has 0 spiro atoms. The van der Waals surface area contributed by atoms with Crippen molar-refractivity contribution in [3.63, 3.8) is 0 Å². The molecule has 0 fully saturated rings. The second kappa shape index (κ2) is 3.62. The molecule has 0 aliphatic heterocycles. The Morgan fingerprint density at radius 1 is 1.60 bits per heavy atom. The molecular formula is C8H8FS. The average molecular weight is 155 g/mol. The van der Waals surface area contributed by atoms with Crippen molar-refractivity contribution in [1.82, 2.24) is 0 Å². The van der Waals surface area contributed by atoms with Crippen LogP contribution in [0, 0.1) is 11.9 Å². The van der Waals surface area contributed by atoms with E-state index < -0.39 is 0 Å². The zero-order valence-corrected chi connectivity index (χ0v) is 6.54. The number of rotatable bonds is 2. The smallest absolute Gasteiger partial charge is 0.124 e. The molecule has 53 valence electrons. The van der Waals surface area contributed by atoms with Crippen LogP contribution in [0.1, 0.15) is 6.92 Å². The largest absolute Gasteiger partial charge is 0.207 e. The van der Waals surface area contributed by atoms with Gasteiger partial charge in [-0.3, -0.25) is 0 Å². The molecule has 0 saturated carbocycles. The Labute approximate surface area is 64.4 Å². The zero-order valence-electron chi connectivity index (χ0n) is 5.73. The molecule has 0 N–H and O–H groups in total. The molecule has 1 aromatic rings. The van der Waals surface area contributed by atoms with E-state index in [9.17, 15) is 4.39 Å². The fourth-order valence-corrected chi connectivity index (χ4v) is 1.35. The van der Waals surface area contributed by atoms with E-state index in [4.69, 9.17) is 0 Å². The van der Waals surface area contributed by atoms with Crippen molar-refractivity contribution in [2.24, 2.45) is 0 Å². The summed E-state index contributed by atoms with van der Waals surface area (Å²) in [5, 5.41) is 0. The van der Waals surface area contributed by atoms with Crippen LogP contribution in [-0.2, 0) is 0 Å². The van der Waals surface area contributed by atoms with Gasteiger partial charge < -0.3 is 0 Å². The molecule has 1 rings (SSSR count). The summed E-state index contributed by atoms with van der Waals surface area (Å²) in [5.41, 5.74) is 0. The molecule has 0 nitrogen and oxygen atoms in total. The molecule has 1 aromatic carbocycles. The summed E-state index contributed by atoms with van der Waals surface area (Å²) in [7, 11) is 0. The maximum atomic E-state index is 12.4. The average Bonchev–Trinajstić information content (AvgIpc) is 1.88. The maximum absolute atomic E-state index is 12.4. The van der Waals surface area contributed by atoms with Crippen molar-refractivity contribution in [3.05, 3.63) is 30.1 Å². The highest BCUT2D eigenvalue weighted by molar-refractivity contribution is 7.99. The standard InChI is InChI=1S/C8H8FS/c1-2-10-8-5-3-4-7(9)6-8/h4-6H,2H2,1H3. The minimum Gasteiger partial charge on any atom is -0.207 e. The Morgan fingerprint density at radius 2 is 2.40 bits per heavy atom. The van der Waals surface area contributed by atoms with Crippen LogP contribution in [0.2, 0.25) is 0 Å². The van der Waals surface area contributed by atoms with Gasteiger partial charge in [-0.05, 0) is 30.0 Å². The Hall–Kier alpha value is -0.500. The Morgan fingerprint density at radius 3 is 3.00 bits per heavy atom. The molecule has 0 bridgehead atoms. The molecule has 0 unspecified atom stereocenters. The molecule has 0 aliphatic carbocycles. The number of benzene rings is 1. The predicted molar refractivity (Wildman–Crippen MR) is 41.6 cm³/mol. The van der Waals surface area contributed by atoms with Gasteiger partial charge in [-0.2, -0.15) is 0 Å². The third-order valence-corrected chi connectivity index (χ3v) is 1.90. The van der Waals surface area contributed by atoms with Crippen LogP contribution in [0.4, 0.5) is 4.39 Å². The van der Waals surface area contributed by atoms with Gasteiger partial charge in [-0.25, -0.2) is 4.39 Å². The Kier molecular flexibility index (Phi) is 2.75. The van der Waals surface area contributed by atoms with Crippen molar-refractivity contribution in [2.45, 2.75) is 11.8 Å². The number of hydrogen-bond donors (Lipinski definition) is 0. The Bertz CT molecular complexity index is 210. The molecule has 0 heterocycles. The zero-order chi connectivity index (χ0) is 7.40. The monoisotopic (exact) mass is 155 g/mol. The van der Waals surface area contributed by atoms with Crippen molar-refractivity contribution in [2.75, 3.05) is 5.75 Å². The summed E-state index contributed by atoms with van der Waals surface area (Å²) in [4.78, 5) is 0.947. The van der Waals surface area contributed by atoms with Gasteiger partial charge in [0.2, 0.25) is 0 Å². The molecular weight excluding hydrogens is 147 g/mol. The van der Waals surface area contributed by atoms with Gasteiger partial charge in [0.05, 0.1) is 0 Å². The summed E-state index contributed by atoms with van der Waals surface area (Å²) in [6, 6.07) is 7.36. The third-order valence-electron chi connectivity index (χ3n) is 1.04. The van der Waals surface area contributed by atoms with E-state index in [0.29, 0.717) is 0 Å². The highest BCUT2D eigenvalue weighted by Gasteiger charge is 1.92. The number of thioether (sulfide) groups is 1. The first-order chi connectivity index (χ1) is 4.83. The van der Waals surface area contributed by atoms with Gasteiger partial charge in [0.25, 0.3) is 0 Å². The van der Waals surface area contributed by atoms with Crippen LogP contribution < -0.4 is 0 Å². The van der Waals surface area contributed by atoms with Crippen molar-refractivity contribution < 1.29 is 4.39 Å². The topological polar surface area (TPSA) is 0 Å². The molecule has 0 aromatic heterocycles. The third kappa shape index (κ3) is 2.03. The summed E-state index contributed by atoms with van der Waals surface area (Å²) in [6.07, 6.45) is 0. The molecule has 10 heavy (non-hydrogen) atoms. The van der Waals surface area contributed by atoms with Gasteiger partial charge in [0.15, 0.2) is 0 Å². The second-order valence-electron chi connectivity index (χ2n) is 1.82. The van der Waals surface area contributed by atoms with Crippen LogP contribution in [0.3, 0.4) is 0 Å². The number of halogens is 1. The van der Waals surface area contributed by atoms with E-state index in [0.717, 1.165) is 10.6 Å². The van der Waals surface area contributed by atoms with Gasteiger partial charge in [-0.15, -0.1) is 11.8 Å². The van der Waals surface area contributed by atoms with Crippen LogP contribution >= 0.6 is 11.8 Å². The molecule has 0 aliphatic rings. The number of hydrogen-bond acceptors (Lipinski definition) is 1. The van der Waals surface area contributed by atoms with Crippen molar-refractivity contribution >= 4 is 11.8 Å². The van der Waals surface area contributed by atoms with E-state index in [-0.39, 0.29) is 5.82 Å². The molecule has 1 radical (unpaired) electrons. The predicted octanol–water partition coefficient (Wildman–Crippen LogP) is 2.74. The second-order valence-corrected chi connectivity index (χ2v) is 3.16. The lowest BCUT2D eigenvalue weighted by atomic mass is 10.4. The Balaban J connectivity index is 2.75. The van der Waals surface area contributed by atoms with E-state index in [1.807, 2.05) is 6.92 Å². The van der Waals surface area contributed by atoms with Gasteiger partial charge in [0, 0.05) is 4.90 Å². The first-order valence-corrected chi connectivity index (χ1v) is 4.11. The lowest BCUT2D eigenvalue weighted by molar-refractivity contribution is 0.624. The van der Waals surface area contributed by atoms with E-state index in [1.165, 1.54) is 12.1 Å². The van der Waals surface area contributed by atoms with E-state index in [1.54, 1.807) is 17.8 Å². The minimum atomic E-state index is -0.210. The highest BCUT2D eigenvalue weighted by Crippen LogP contribution is 2.16. The van der Waals surface area contributed by atoms with Crippen LogP contribution in [-0.4, -0.2) is 5.75 Å². The summed E-state index contributed by atoms with van der Waals surface area (Å²) < 4.78 is 12.4. The lowest BCUT2D eigenvalue weighted by Gasteiger charge is -1.95. The normalized spacial score (nSPS) is 9.80. The van der Waals surface area contributed by atoms with Gasteiger partial charge in [0.1, 0.15) is 5.82 Å². The molecule has 0 atom stereocenters. The van der Waals surface area contributed by atoms with Gasteiger partial charge >= 0.3 is 0 Å². The SMILES string of the molecule is CCSc1c[c]cc(F)c1. The lowest BCUT2D eigenvalue weighted by Crippen LogP contribution is -1.75. The summed E-state index contributed by atoms with van der Waals surface area (Å²) in [5.74, 6) is 0.760. The minimum absolute atomic E-state index is 0.210. The highest BCUT2D eigenvalue weighted by atomic mass is 32.2. The van der Waals surface area contributed by atoms with Crippen molar-refractivity contribution in [3.8, 4) is 0 Å². The van der Waals surface area contributed by atoms with Gasteiger partial charge in [-0.1, -0.05) is 6.92 Å². The molecule has 0 saturated heterocycles. The summed E-state index contributed by atoms with van der Waals surface area (Å²) in [6.45, 7) is 2.04. The van der Waals surface area contributed by atoms with Crippen molar-refractivity contribution in [1.29, 1.82) is 0 Å². The van der Waals surface area contributed by atoms with Crippen LogP contribution in [0.15, 0.2) is 23.1 Å². The molecule has 2 heteroatoms. The van der Waals surface area contributed by atoms with Crippen LogP contribution in [0.25, 0.3) is 0 Å². The summed E-state index contributed by atoms with van der Waals surface area (Å²) >= 11 is 1.62. The maximum Gasteiger partial charge on any atom is 0.124 e. The molecule has 0 amide bonds. The van der Waals surface area contributed by atoms with E-state index >= 15 is 0 Å². The quantitative estimate of drug-likeness (QED) is 0.592. The fraction of sp³-hybridized carbons (Fsp3) is 0.250. The van der Waals surface area contributed by atoms with E-state index in [2.05, 4.69) is 6.07 Å². The first kappa shape index (κ1) is 7.61.